The van der Waals surface area contributed by atoms with E-state index in [9.17, 15) is 8.78 Å². The summed E-state index contributed by atoms with van der Waals surface area (Å²) in [5, 5.41) is 4.25. The van der Waals surface area contributed by atoms with Crippen LogP contribution in [0, 0.1) is 11.6 Å². The van der Waals surface area contributed by atoms with E-state index in [1.165, 1.54) is 12.1 Å². The van der Waals surface area contributed by atoms with Crippen LogP contribution in [-0.4, -0.2) is 15.0 Å². The van der Waals surface area contributed by atoms with E-state index in [0.717, 1.165) is 22.6 Å². The van der Waals surface area contributed by atoms with E-state index in [2.05, 4.69) is 17.2 Å². The van der Waals surface area contributed by atoms with Crippen molar-refractivity contribution >= 4 is 16.7 Å². The summed E-state index contributed by atoms with van der Waals surface area (Å²) in [6, 6.07) is 22.8. The molecule has 0 aliphatic heterocycles. The van der Waals surface area contributed by atoms with Crippen molar-refractivity contribution in [2.24, 2.45) is 0 Å². The molecule has 5 rings (SSSR count). The largest absolute Gasteiger partial charge is 0.363 e. The van der Waals surface area contributed by atoms with Gasteiger partial charge in [0, 0.05) is 35.5 Å². The van der Waals surface area contributed by atoms with Crippen molar-refractivity contribution in [1.29, 1.82) is 0 Å². The maximum absolute atomic E-state index is 13.8. The molecule has 0 radical (unpaired) electrons. The van der Waals surface area contributed by atoms with Gasteiger partial charge in [0.2, 0.25) is 0 Å². The molecule has 0 aliphatic rings. The Kier molecular flexibility index (Phi) is 5.48. The van der Waals surface area contributed by atoms with Crippen LogP contribution in [0.3, 0.4) is 0 Å². The monoisotopic (exact) mass is 438 g/mol. The fraction of sp³-hybridized carbons (Fsp3) is 0.0741. The summed E-state index contributed by atoms with van der Waals surface area (Å²) in [6.07, 6.45) is 3.42. The number of hydrogen-bond acceptors (Lipinski definition) is 4. The van der Waals surface area contributed by atoms with Gasteiger partial charge < -0.3 is 5.32 Å². The predicted molar refractivity (Wildman–Crippen MR) is 127 cm³/mol. The van der Waals surface area contributed by atoms with Crippen molar-refractivity contribution in [3.63, 3.8) is 0 Å². The fourth-order valence-corrected chi connectivity index (χ4v) is 3.79. The number of nitrogens with zero attached hydrogens (tertiary/aromatic N) is 3. The van der Waals surface area contributed by atoms with Crippen LogP contribution in [-0.2, 0) is 0 Å². The van der Waals surface area contributed by atoms with Gasteiger partial charge in [-0.05, 0) is 60.0 Å². The molecule has 3 aromatic carbocycles. The molecule has 33 heavy (non-hydrogen) atoms. The number of aromatic nitrogens is 3. The minimum atomic E-state index is -0.621. The molecule has 162 valence electrons. The van der Waals surface area contributed by atoms with E-state index in [1.807, 2.05) is 54.6 Å². The topological polar surface area (TPSA) is 50.7 Å². The molecule has 1 N–H and O–H groups in total. The molecule has 2 heterocycles. The summed E-state index contributed by atoms with van der Waals surface area (Å²) in [5.41, 5.74) is 3.75. The van der Waals surface area contributed by atoms with Gasteiger partial charge in [-0.25, -0.2) is 18.7 Å². The molecule has 0 spiro atoms. The van der Waals surface area contributed by atoms with E-state index in [4.69, 9.17) is 9.97 Å². The Morgan fingerprint density at radius 2 is 1.55 bits per heavy atom. The quantitative estimate of drug-likeness (QED) is 0.327. The van der Waals surface area contributed by atoms with E-state index in [1.54, 1.807) is 18.5 Å². The van der Waals surface area contributed by atoms with Gasteiger partial charge in [0.1, 0.15) is 17.5 Å². The van der Waals surface area contributed by atoms with Crippen LogP contribution in [0.25, 0.3) is 33.4 Å². The smallest absolute Gasteiger partial charge is 0.163 e. The van der Waals surface area contributed by atoms with Gasteiger partial charge in [-0.3, -0.25) is 4.98 Å². The number of fused-ring (bicyclic) bond motifs is 1. The zero-order valence-corrected chi connectivity index (χ0v) is 17.8. The second-order valence-corrected chi connectivity index (χ2v) is 7.80. The Hall–Kier alpha value is -4.19. The minimum absolute atomic E-state index is 0.0266. The van der Waals surface area contributed by atoms with Crippen molar-refractivity contribution in [1.82, 2.24) is 15.0 Å². The Morgan fingerprint density at radius 1 is 0.758 bits per heavy atom. The van der Waals surface area contributed by atoms with Crippen LogP contribution in [0.4, 0.5) is 14.6 Å². The highest BCUT2D eigenvalue weighted by atomic mass is 19.1. The molecule has 0 fully saturated rings. The second-order valence-electron chi connectivity index (χ2n) is 7.80. The number of halogens is 2. The van der Waals surface area contributed by atoms with Crippen LogP contribution in [0.1, 0.15) is 18.5 Å². The average Bonchev–Trinajstić information content (AvgIpc) is 2.84. The van der Waals surface area contributed by atoms with Gasteiger partial charge in [-0.2, -0.15) is 0 Å². The van der Waals surface area contributed by atoms with Crippen molar-refractivity contribution in [3.05, 3.63) is 108 Å². The summed E-state index contributed by atoms with van der Waals surface area (Å²) in [7, 11) is 0. The third-order valence-corrected chi connectivity index (χ3v) is 5.46. The Balaban J connectivity index is 1.65. The highest BCUT2D eigenvalue weighted by Crippen LogP contribution is 2.32. The average molecular weight is 438 g/mol. The molecule has 1 atom stereocenters. The number of benzene rings is 3. The molecule has 0 aliphatic carbocycles. The van der Waals surface area contributed by atoms with Crippen LogP contribution < -0.4 is 5.32 Å². The molecular weight excluding hydrogens is 418 g/mol. The summed E-state index contributed by atoms with van der Waals surface area (Å²) in [6.45, 7) is 2.05. The van der Waals surface area contributed by atoms with Crippen molar-refractivity contribution in [2.75, 3.05) is 5.32 Å². The van der Waals surface area contributed by atoms with Crippen molar-refractivity contribution in [2.45, 2.75) is 13.0 Å². The number of hydrogen-bond donors (Lipinski definition) is 1. The summed E-state index contributed by atoms with van der Waals surface area (Å²) >= 11 is 0. The predicted octanol–water partition coefficient (Wildman–Crippen LogP) is 6.81. The Bertz CT molecular complexity index is 1400. The molecule has 4 nitrogen and oxygen atoms in total. The fourth-order valence-electron chi connectivity index (χ4n) is 3.79. The second kappa shape index (κ2) is 8.74. The standard InChI is InChI=1S/C27H20F2N4/c1-17(18-6-3-2-4-7-18)31-27-24-14-19(21-12-22(28)15-23(29)13-21)9-10-25(24)32-26(33-27)20-8-5-11-30-16-20/h2-17H,1H3,(H,31,32,33). The molecule has 5 aromatic rings. The van der Waals surface area contributed by atoms with E-state index in [0.29, 0.717) is 28.3 Å². The number of nitrogens with one attached hydrogen (secondary N) is 1. The van der Waals surface area contributed by atoms with Crippen LogP contribution in [0.15, 0.2) is 91.3 Å². The summed E-state index contributed by atoms with van der Waals surface area (Å²) < 4.78 is 27.6. The van der Waals surface area contributed by atoms with Crippen molar-refractivity contribution < 1.29 is 8.78 Å². The van der Waals surface area contributed by atoms with Crippen LogP contribution >= 0.6 is 0 Å². The molecule has 0 saturated heterocycles. The number of rotatable bonds is 5. The Morgan fingerprint density at radius 3 is 2.27 bits per heavy atom. The molecular formula is C27H20F2N4. The first kappa shape index (κ1) is 20.7. The summed E-state index contributed by atoms with van der Waals surface area (Å²) in [5.74, 6) is -0.0644. The van der Waals surface area contributed by atoms with Gasteiger partial charge >= 0.3 is 0 Å². The lowest BCUT2D eigenvalue weighted by molar-refractivity contribution is 0.584. The number of pyridine rings is 1. The highest BCUT2D eigenvalue weighted by Gasteiger charge is 2.14. The number of anilines is 1. The minimum Gasteiger partial charge on any atom is -0.363 e. The summed E-state index contributed by atoms with van der Waals surface area (Å²) in [4.78, 5) is 13.7. The first-order valence-corrected chi connectivity index (χ1v) is 10.6. The van der Waals surface area contributed by atoms with Gasteiger partial charge in [0.05, 0.1) is 5.52 Å². The highest BCUT2D eigenvalue weighted by molar-refractivity contribution is 5.94. The molecule has 0 saturated carbocycles. The molecule has 0 bridgehead atoms. The van der Waals surface area contributed by atoms with Crippen molar-refractivity contribution in [3.8, 4) is 22.5 Å². The normalized spacial score (nSPS) is 12.0. The van der Waals surface area contributed by atoms with Gasteiger partial charge in [-0.15, -0.1) is 0 Å². The zero-order valence-electron chi connectivity index (χ0n) is 17.8. The van der Waals surface area contributed by atoms with Crippen LogP contribution in [0.2, 0.25) is 0 Å². The zero-order chi connectivity index (χ0) is 22.8. The maximum atomic E-state index is 13.8. The first-order chi connectivity index (χ1) is 16.1. The molecule has 1 unspecified atom stereocenters. The van der Waals surface area contributed by atoms with Crippen LogP contribution in [0.5, 0.6) is 0 Å². The SMILES string of the molecule is CC(Nc1nc(-c2cccnc2)nc2ccc(-c3cc(F)cc(F)c3)cc12)c1ccccc1. The molecule has 2 aromatic heterocycles. The maximum Gasteiger partial charge on any atom is 0.163 e. The van der Waals surface area contributed by atoms with E-state index < -0.39 is 11.6 Å². The lowest BCUT2D eigenvalue weighted by Gasteiger charge is -2.18. The van der Waals surface area contributed by atoms with E-state index >= 15 is 0 Å². The van der Waals surface area contributed by atoms with E-state index in [-0.39, 0.29) is 6.04 Å². The van der Waals surface area contributed by atoms with Gasteiger partial charge in [0.15, 0.2) is 5.82 Å². The van der Waals surface area contributed by atoms with Gasteiger partial charge in [-0.1, -0.05) is 36.4 Å². The first-order valence-electron chi connectivity index (χ1n) is 10.6. The lowest BCUT2D eigenvalue weighted by atomic mass is 10.0. The third-order valence-electron chi connectivity index (χ3n) is 5.46. The Labute approximate surface area is 190 Å². The van der Waals surface area contributed by atoms with Gasteiger partial charge in [0.25, 0.3) is 0 Å². The third kappa shape index (κ3) is 4.41. The molecule has 0 amide bonds. The molecule has 6 heteroatoms. The lowest BCUT2D eigenvalue weighted by Crippen LogP contribution is -2.09.